The van der Waals surface area contributed by atoms with E-state index in [2.05, 4.69) is 9.98 Å². The molecule has 1 aromatic rings. The van der Waals surface area contributed by atoms with Gasteiger partial charge >= 0.3 is 0 Å². The second kappa shape index (κ2) is 8.59. The minimum absolute atomic E-state index is 0.152. The zero-order valence-electron chi connectivity index (χ0n) is 17.0. The lowest BCUT2D eigenvalue weighted by atomic mass is 10.0. The number of halogens is 1. The lowest BCUT2D eigenvalue weighted by molar-refractivity contribution is -0.120. The highest BCUT2D eigenvalue weighted by Gasteiger charge is 2.33. The van der Waals surface area contributed by atoms with Crippen molar-refractivity contribution in [3.63, 3.8) is 0 Å². The van der Waals surface area contributed by atoms with Gasteiger partial charge in [0.15, 0.2) is 0 Å². The number of ether oxygens (including phenoxy) is 2. The molecule has 1 aromatic carbocycles. The van der Waals surface area contributed by atoms with Gasteiger partial charge in [-0.3, -0.25) is 9.59 Å². The molecule has 2 heterocycles. The molecule has 0 aliphatic carbocycles. The van der Waals surface area contributed by atoms with E-state index >= 15 is 0 Å². The number of piperazine rings is 1. The van der Waals surface area contributed by atoms with Crippen LogP contribution in [-0.2, 0) is 4.79 Å². The molecule has 0 saturated carbocycles. The van der Waals surface area contributed by atoms with Gasteiger partial charge in [0.1, 0.15) is 11.5 Å². The number of amides is 2. The molecule has 156 valence electrons. The summed E-state index contributed by atoms with van der Waals surface area (Å²) < 4.78 is 24.5. The van der Waals surface area contributed by atoms with Gasteiger partial charge in [-0.15, -0.1) is 0 Å². The molecule has 9 heteroatoms. The van der Waals surface area contributed by atoms with Gasteiger partial charge in [0, 0.05) is 32.2 Å². The van der Waals surface area contributed by atoms with E-state index in [9.17, 15) is 14.0 Å². The first-order valence-corrected chi connectivity index (χ1v) is 9.47. The topological polar surface area (TPSA) is 83.8 Å². The molecule has 2 aliphatic heterocycles. The zero-order valence-corrected chi connectivity index (χ0v) is 17.0. The van der Waals surface area contributed by atoms with Crippen molar-refractivity contribution in [2.75, 3.05) is 40.4 Å². The number of aliphatic imine (C=N–C) groups is 2. The van der Waals surface area contributed by atoms with Crippen LogP contribution in [0.2, 0.25) is 0 Å². The summed E-state index contributed by atoms with van der Waals surface area (Å²) in [6, 6.07) is 5.06. The minimum atomic E-state index is -1.77. The maximum Gasteiger partial charge on any atom is 0.289 e. The number of guanidine groups is 1. The predicted octanol–water partition coefficient (Wildman–Crippen LogP) is 1.79. The second-order valence-corrected chi connectivity index (χ2v) is 7.15. The van der Waals surface area contributed by atoms with Gasteiger partial charge in [-0.2, -0.15) is 4.99 Å². The fourth-order valence-corrected chi connectivity index (χ4v) is 3.30. The Kier molecular flexibility index (Phi) is 6.14. The molecule has 8 nitrogen and oxygen atoms in total. The standard InChI is InChI=1S/C20H25FN4O4/c1-12(2)17-16(21)18(26)23-20(22-17)25-9-7-24(8-10-25)19(27)14-6-5-13(28-3)11-15(14)29-4/h5-6,11-12,16H,7-10H2,1-4H3. The van der Waals surface area contributed by atoms with E-state index in [-0.39, 0.29) is 23.5 Å². The Morgan fingerprint density at radius 3 is 2.41 bits per heavy atom. The first-order valence-electron chi connectivity index (χ1n) is 9.47. The number of hydrogen-bond acceptors (Lipinski definition) is 6. The molecule has 1 fully saturated rings. The number of benzene rings is 1. The average molecular weight is 404 g/mol. The van der Waals surface area contributed by atoms with E-state index in [1.54, 1.807) is 49.0 Å². The van der Waals surface area contributed by atoms with Crippen molar-refractivity contribution in [1.82, 2.24) is 9.80 Å². The van der Waals surface area contributed by atoms with Crippen LogP contribution in [0.25, 0.3) is 0 Å². The summed E-state index contributed by atoms with van der Waals surface area (Å²) in [6.45, 7) is 5.32. The highest BCUT2D eigenvalue weighted by atomic mass is 19.1. The quantitative estimate of drug-likeness (QED) is 0.764. The molecule has 0 radical (unpaired) electrons. The lowest BCUT2D eigenvalue weighted by Crippen LogP contribution is -2.51. The molecule has 1 unspecified atom stereocenters. The molecule has 0 bridgehead atoms. The summed E-state index contributed by atoms with van der Waals surface area (Å²) >= 11 is 0. The van der Waals surface area contributed by atoms with Crippen molar-refractivity contribution in [3.8, 4) is 11.5 Å². The molecule has 0 N–H and O–H groups in total. The van der Waals surface area contributed by atoms with Crippen LogP contribution in [0.1, 0.15) is 24.2 Å². The van der Waals surface area contributed by atoms with E-state index in [0.29, 0.717) is 43.2 Å². The molecule has 0 spiro atoms. The first kappa shape index (κ1) is 20.8. The Morgan fingerprint density at radius 2 is 1.83 bits per heavy atom. The molecule has 3 rings (SSSR count). The number of carbonyl (C=O) groups is 2. The molecule has 2 aliphatic rings. The minimum Gasteiger partial charge on any atom is -0.497 e. The number of methoxy groups -OCH3 is 2. The summed E-state index contributed by atoms with van der Waals surface area (Å²) in [5.74, 6) is 0.111. The average Bonchev–Trinajstić information content (AvgIpc) is 2.74. The van der Waals surface area contributed by atoms with E-state index in [4.69, 9.17) is 9.47 Å². The molecule has 1 saturated heterocycles. The first-order chi connectivity index (χ1) is 13.8. The van der Waals surface area contributed by atoms with Gasteiger partial charge in [-0.25, -0.2) is 9.38 Å². The number of carbonyl (C=O) groups excluding carboxylic acids is 2. The summed E-state index contributed by atoms with van der Waals surface area (Å²) in [7, 11) is 3.05. The number of hydrogen-bond donors (Lipinski definition) is 0. The third kappa shape index (κ3) is 4.23. The van der Waals surface area contributed by atoms with Crippen molar-refractivity contribution in [3.05, 3.63) is 23.8 Å². The van der Waals surface area contributed by atoms with E-state index in [1.807, 2.05) is 0 Å². The summed E-state index contributed by atoms with van der Waals surface area (Å²) in [5.41, 5.74) is 0.647. The van der Waals surface area contributed by atoms with Crippen LogP contribution < -0.4 is 9.47 Å². The SMILES string of the molecule is COc1ccc(C(=O)N2CCN(C3=NC(=O)C(F)C(C(C)C)=N3)CC2)c(OC)c1. The lowest BCUT2D eigenvalue weighted by Gasteiger charge is -2.36. The van der Waals surface area contributed by atoms with Crippen LogP contribution in [-0.4, -0.2) is 79.9 Å². The van der Waals surface area contributed by atoms with Crippen LogP contribution in [0.4, 0.5) is 4.39 Å². The third-order valence-electron chi connectivity index (χ3n) is 5.00. The van der Waals surface area contributed by atoms with E-state index in [1.165, 1.54) is 7.11 Å². The largest absolute Gasteiger partial charge is 0.497 e. The van der Waals surface area contributed by atoms with Gasteiger partial charge < -0.3 is 19.3 Å². The summed E-state index contributed by atoms with van der Waals surface area (Å²) in [6.07, 6.45) is -1.77. The van der Waals surface area contributed by atoms with Crippen molar-refractivity contribution >= 4 is 23.5 Å². The Balaban J connectivity index is 1.70. The van der Waals surface area contributed by atoms with Gasteiger partial charge in [0.2, 0.25) is 12.1 Å². The second-order valence-electron chi connectivity index (χ2n) is 7.15. The number of rotatable bonds is 4. The maximum absolute atomic E-state index is 14.0. The summed E-state index contributed by atoms with van der Waals surface area (Å²) in [4.78, 5) is 36.4. The fraction of sp³-hybridized carbons (Fsp3) is 0.500. The van der Waals surface area contributed by atoms with Crippen LogP contribution in [0.15, 0.2) is 28.2 Å². The predicted molar refractivity (Wildman–Crippen MR) is 107 cm³/mol. The van der Waals surface area contributed by atoms with E-state index in [0.717, 1.165) is 0 Å². The molecule has 29 heavy (non-hydrogen) atoms. The van der Waals surface area contributed by atoms with Crippen molar-refractivity contribution in [2.45, 2.75) is 20.0 Å². The number of alkyl halides is 1. The zero-order chi connectivity index (χ0) is 21.1. The van der Waals surface area contributed by atoms with E-state index < -0.39 is 12.1 Å². The van der Waals surface area contributed by atoms with Crippen molar-refractivity contribution in [2.24, 2.45) is 15.9 Å². The highest BCUT2D eigenvalue weighted by molar-refractivity contribution is 6.18. The van der Waals surface area contributed by atoms with Crippen LogP contribution >= 0.6 is 0 Å². The van der Waals surface area contributed by atoms with Crippen LogP contribution in [0, 0.1) is 5.92 Å². The Labute approximate surface area is 169 Å². The molecular weight excluding hydrogens is 379 g/mol. The monoisotopic (exact) mass is 404 g/mol. The normalized spacial score (nSPS) is 19.8. The van der Waals surface area contributed by atoms with Gasteiger partial charge in [0.05, 0.1) is 25.5 Å². The van der Waals surface area contributed by atoms with Crippen LogP contribution in [0.5, 0.6) is 11.5 Å². The van der Waals surface area contributed by atoms with Crippen LogP contribution in [0.3, 0.4) is 0 Å². The molecule has 2 amide bonds. The van der Waals surface area contributed by atoms with Gasteiger partial charge in [-0.05, 0) is 18.1 Å². The number of nitrogens with zero attached hydrogens (tertiary/aromatic N) is 4. The van der Waals surface area contributed by atoms with Crippen molar-refractivity contribution in [1.29, 1.82) is 0 Å². The van der Waals surface area contributed by atoms with Gasteiger partial charge in [-0.1, -0.05) is 13.8 Å². The Morgan fingerprint density at radius 1 is 1.14 bits per heavy atom. The Bertz CT molecular complexity index is 860. The molecule has 1 atom stereocenters. The van der Waals surface area contributed by atoms with Crippen molar-refractivity contribution < 1.29 is 23.5 Å². The summed E-state index contributed by atoms with van der Waals surface area (Å²) in [5, 5.41) is 0. The smallest absolute Gasteiger partial charge is 0.289 e. The fourth-order valence-electron chi connectivity index (χ4n) is 3.30. The maximum atomic E-state index is 14.0. The molecular formula is C20H25FN4O4. The van der Waals surface area contributed by atoms with Gasteiger partial charge in [0.25, 0.3) is 11.8 Å². The molecule has 0 aromatic heterocycles. The Hall–Kier alpha value is -2.97. The highest BCUT2D eigenvalue weighted by Crippen LogP contribution is 2.26. The third-order valence-corrected chi connectivity index (χ3v) is 5.00.